The molecule has 48 heavy (non-hydrogen) atoms. The zero-order chi connectivity index (χ0) is 33.4. The first-order valence-electron chi connectivity index (χ1n) is 16.8. The van der Waals surface area contributed by atoms with Gasteiger partial charge in [-0.3, -0.25) is 19.1 Å². The Balaban J connectivity index is 1.19. The van der Waals surface area contributed by atoms with Gasteiger partial charge in [0.15, 0.2) is 5.82 Å². The molecule has 4 aliphatic rings. The lowest BCUT2D eigenvalue weighted by Gasteiger charge is -2.29. The molecule has 0 spiro atoms. The molecule has 5 heterocycles. The van der Waals surface area contributed by atoms with Crippen LogP contribution in [-0.4, -0.2) is 85.7 Å². The van der Waals surface area contributed by atoms with Crippen LogP contribution in [-0.2, 0) is 31.0 Å². The summed E-state index contributed by atoms with van der Waals surface area (Å²) >= 11 is 1.45. The van der Waals surface area contributed by atoms with Gasteiger partial charge in [-0.05, 0) is 62.0 Å². The second kappa shape index (κ2) is 13.3. The van der Waals surface area contributed by atoms with Crippen molar-refractivity contribution in [2.24, 2.45) is 18.9 Å². The Hall–Kier alpha value is -4.33. The van der Waals surface area contributed by atoms with Crippen LogP contribution in [0.3, 0.4) is 0 Å². The summed E-state index contributed by atoms with van der Waals surface area (Å²) in [5, 5.41) is 12.1. The number of ether oxygens (including phenoxy) is 2. The van der Waals surface area contributed by atoms with Crippen molar-refractivity contribution in [3.63, 3.8) is 0 Å². The molecule has 1 saturated heterocycles. The Kier molecular flexibility index (Phi) is 8.92. The number of nitrogens with one attached hydrogen (secondary N) is 2. The zero-order valence-corrected chi connectivity index (χ0v) is 28.0. The Morgan fingerprint density at radius 2 is 2.00 bits per heavy atom. The molecule has 2 N–H and O–H groups in total. The fraction of sp³-hybridized carbons (Fsp3) is 0.559. The quantitative estimate of drug-likeness (QED) is 0.283. The van der Waals surface area contributed by atoms with Crippen molar-refractivity contribution in [3.8, 4) is 17.4 Å². The largest absolute Gasteiger partial charge is 0.471 e. The number of amides is 3. The van der Waals surface area contributed by atoms with E-state index in [0.29, 0.717) is 48.1 Å². The number of aromatic nitrogens is 4. The van der Waals surface area contributed by atoms with Crippen molar-refractivity contribution in [3.05, 3.63) is 35.9 Å². The van der Waals surface area contributed by atoms with Gasteiger partial charge < -0.3 is 25.0 Å². The summed E-state index contributed by atoms with van der Waals surface area (Å²) in [6.45, 7) is 0.110. The average molecular weight is 676 g/mol. The van der Waals surface area contributed by atoms with Crippen LogP contribution in [0.5, 0.6) is 5.88 Å². The zero-order valence-electron chi connectivity index (χ0n) is 27.2. The SMILES string of the molecule is COC(=O)[C@@]12C[C@H]1C=CCCCCC[C@H](NC(=O)CC1CC1)C(=O)N1C[C@H](Oc3nc(-c4ccnn4C)nc4ccsc34)C[C@H]1C(=O)N2. The van der Waals surface area contributed by atoms with Gasteiger partial charge in [0, 0.05) is 32.0 Å². The van der Waals surface area contributed by atoms with Crippen LogP contribution >= 0.6 is 11.3 Å². The summed E-state index contributed by atoms with van der Waals surface area (Å²) < 4.78 is 14.1. The maximum atomic E-state index is 14.4. The second-order valence-electron chi connectivity index (χ2n) is 13.4. The van der Waals surface area contributed by atoms with Crippen LogP contribution in [0, 0.1) is 11.8 Å². The predicted molar refractivity (Wildman–Crippen MR) is 177 cm³/mol. The Bertz CT molecular complexity index is 1750. The van der Waals surface area contributed by atoms with Crippen LogP contribution in [0.15, 0.2) is 35.9 Å². The van der Waals surface area contributed by atoms with Crippen molar-refractivity contribution in [2.75, 3.05) is 13.7 Å². The van der Waals surface area contributed by atoms with Gasteiger partial charge in [0.05, 0.1) is 19.2 Å². The van der Waals surface area contributed by atoms with Gasteiger partial charge in [-0.1, -0.05) is 25.0 Å². The van der Waals surface area contributed by atoms with Gasteiger partial charge in [-0.25, -0.2) is 9.78 Å². The van der Waals surface area contributed by atoms with Crippen LogP contribution in [0.2, 0.25) is 0 Å². The van der Waals surface area contributed by atoms with E-state index in [9.17, 15) is 19.2 Å². The third-order valence-electron chi connectivity index (χ3n) is 9.90. The summed E-state index contributed by atoms with van der Waals surface area (Å²) in [6, 6.07) is 2.01. The summed E-state index contributed by atoms with van der Waals surface area (Å²) in [4.78, 5) is 65.5. The second-order valence-corrected chi connectivity index (χ2v) is 14.3. The highest BCUT2D eigenvalue weighted by Crippen LogP contribution is 2.46. The maximum Gasteiger partial charge on any atom is 0.332 e. The molecular formula is C34H41N7O6S. The standard InChI is InChI=1S/C34H41N7O6S/c1-40-25(12-14-35-40)29-37-23-13-15-48-28(23)31(38-29)47-22-17-26-30(43)39-34(33(45)46-2)18-21(34)8-6-4-3-5-7-9-24(32(44)41(26)19-22)36-27(42)16-20-10-11-20/h6,8,12-15,20-22,24,26H,3-5,7,9-11,16-19H2,1-2H3,(H,36,42)(H,39,43)/t21-,22-,24+,26+,34-/m1/s1. The normalized spacial score (nSPS) is 27.8. The number of methoxy groups -OCH3 is 1. The Morgan fingerprint density at radius 3 is 2.77 bits per heavy atom. The maximum absolute atomic E-state index is 14.4. The number of rotatable bonds is 7. The molecule has 3 aromatic rings. The number of carbonyl (C=O) groups is 4. The van der Waals surface area contributed by atoms with Crippen molar-refractivity contribution in [1.82, 2.24) is 35.3 Å². The van der Waals surface area contributed by atoms with Gasteiger partial charge >= 0.3 is 5.97 Å². The molecule has 2 saturated carbocycles. The fourth-order valence-electron chi connectivity index (χ4n) is 6.94. The van der Waals surface area contributed by atoms with Gasteiger partial charge in [0.1, 0.15) is 34.1 Å². The molecule has 5 atom stereocenters. The van der Waals surface area contributed by atoms with E-state index in [1.54, 1.807) is 10.9 Å². The number of allylic oxidation sites excluding steroid dienone is 1. The molecule has 14 heteroatoms. The molecule has 3 aromatic heterocycles. The van der Waals surface area contributed by atoms with E-state index >= 15 is 0 Å². The highest BCUT2D eigenvalue weighted by molar-refractivity contribution is 7.17. The first kappa shape index (κ1) is 32.2. The van der Waals surface area contributed by atoms with E-state index in [1.165, 1.54) is 23.3 Å². The fourth-order valence-corrected chi connectivity index (χ4v) is 7.70. The van der Waals surface area contributed by atoms with E-state index in [4.69, 9.17) is 19.4 Å². The Labute approximate surface area is 282 Å². The minimum absolute atomic E-state index is 0.110. The first-order valence-corrected chi connectivity index (χ1v) is 17.7. The topological polar surface area (TPSA) is 158 Å². The smallest absolute Gasteiger partial charge is 0.332 e. The predicted octanol–water partition coefficient (Wildman–Crippen LogP) is 3.29. The third-order valence-corrected chi connectivity index (χ3v) is 10.8. The molecular weight excluding hydrogens is 634 g/mol. The van der Waals surface area contributed by atoms with Crippen molar-refractivity contribution in [1.29, 1.82) is 0 Å². The summed E-state index contributed by atoms with van der Waals surface area (Å²) in [7, 11) is 3.12. The number of hydrogen-bond donors (Lipinski definition) is 2. The molecule has 3 fully saturated rings. The summed E-state index contributed by atoms with van der Waals surface area (Å²) in [5.74, 6) is -0.429. The molecule has 2 aliphatic carbocycles. The molecule has 13 nitrogen and oxygen atoms in total. The number of carbonyl (C=O) groups excluding carboxylic acids is 4. The van der Waals surface area contributed by atoms with E-state index in [-0.39, 0.29) is 30.7 Å². The lowest BCUT2D eigenvalue weighted by atomic mass is 10.0. The van der Waals surface area contributed by atoms with E-state index in [2.05, 4.69) is 21.8 Å². The molecule has 7 rings (SSSR count). The third kappa shape index (κ3) is 6.54. The first-order chi connectivity index (χ1) is 23.3. The monoisotopic (exact) mass is 675 g/mol. The van der Waals surface area contributed by atoms with Gasteiger partial charge in [-0.15, -0.1) is 11.3 Å². The molecule has 2 aliphatic heterocycles. The molecule has 254 valence electrons. The lowest BCUT2D eigenvalue weighted by Crippen LogP contribution is -2.56. The minimum Gasteiger partial charge on any atom is -0.471 e. The van der Waals surface area contributed by atoms with Crippen molar-refractivity contribution >= 4 is 45.2 Å². The summed E-state index contributed by atoms with van der Waals surface area (Å²) in [5.41, 5.74) is 0.253. The van der Waals surface area contributed by atoms with Gasteiger partial charge in [-0.2, -0.15) is 10.1 Å². The van der Waals surface area contributed by atoms with Crippen molar-refractivity contribution in [2.45, 2.75) is 87.9 Å². The van der Waals surface area contributed by atoms with Crippen LogP contribution < -0.4 is 15.4 Å². The Morgan fingerprint density at radius 1 is 1.15 bits per heavy atom. The van der Waals surface area contributed by atoms with E-state index in [1.807, 2.05) is 30.6 Å². The van der Waals surface area contributed by atoms with Gasteiger partial charge in [0.2, 0.25) is 23.6 Å². The number of hydrogen-bond acceptors (Lipinski definition) is 10. The number of thiophene rings is 1. The molecule has 3 amide bonds. The van der Waals surface area contributed by atoms with Gasteiger partial charge in [0.25, 0.3) is 0 Å². The molecule has 0 unspecified atom stereocenters. The summed E-state index contributed by atoms with van der Waals surface area (Å²) in [6.07, 6.45) is 12.0. The molecule has 0 bridgehead atoms. The van der Waals surface area contributed by atoms with Crippen LogP contribution in [0.4, 0.5) is 0 Å². The number of esters is 1. The molecule has 0 radical (unpaired) electrons. The number of aryl methyl sites for hydroxylation is 1. The average Bonchev–Trinajstić information content (AvgIpc) is 3.79. The minimum atomic E-state index is -1.18. The van der Waals surface area contributed by atoms with E-state index in [0.717, 1.165) is 43.2 Å². The van der Waals surface area contributed by atoms with Crippen molar-refractivity contribution < 1.29 is 28.7 Å². The number of fused-ring (bicyclic) bond motifs is 3. The highest BCUT2D eigenvalue weighted by Gasteiger charge is 2.62. The van der Waals surface area contributed by atoms with Crippen LogP contribution in [0.25, 0.3) is 21.7 Å². The lowest BCUT2D eigenvalue weighted by molar-refractivity contribution is -0.148. The highest BCUT2D eigenvalue weighted by atomic mass is 32.1. The number of nitrogens with zero attached hydrogens (tertiary/aromatic N) is 5. The van der Waals surface area contributed by atoms with E-state index < -0.39 is 35.6 Å². The molecule has 0 aromatic carbocycles. The van der Waals surface area contributed by atoms with Crippen LogP contribution in [0.1, 0.15) is 64.2 Å².